The molecule has 0 aliphatic heterocycles. The van der Waals surface area contributed by atoms with Crippen LogP contribution in [0.3, 0.4) is 0 Å². The number of aliphatic hydroxyl groups excluding tert-OH is 1. The van der Waals surface area contributed by atoms with Gasteiger partial charge >= 0.3 is 0 Å². The molecule has 0 radical (unpaired) electrons. The molecule has 0 aliphatic rings. The minimum absolute atomic E-state index is 0.0159. The maximum atomic E-state index is 9.74. The SMILES string of the molecule is CC(CO)NCc1cc(Br)cc(Br)c1O. The molecule has 1 atom stereocenters. The van der Waals surface area contributed by atoms with Crippen molar-refractivity contribution in [2.45, 2.75) is 19.5 Å². The quantitative estimate of drug-likeness (QED) is 0.790. The Balaban J connectivity index is 2.76. The average Bonchev–Trinajstić information content (AvgIpc) is 2.20. The maximum Gasteiger partial charge on any atom is 0.134 e. The molecule has 1 aromatic rings. The van der Waals surface area contributed by atoms with E-state index in [0.29, 0.717) is 11.0 Å². The molecule has 0 spiro atoms. The fourth-order valence-electron chi connectivity index (χ4n) is 1.10. The van der Waals surface area contributed by atoms with Gasteiger partial charge in [0.05, 0.1) is 11.1 Å². The zero-order valence-electron chi connectivity index (χ0n) is 8.30. The van der Waals surface area contributed by atoms with Crippen molar-refractivity contribution in [3.63, 3.8) is 0 Å². The highest BCUT2D eigenvalue weighted by molar-refractivity contribution is 9.11. The Bertz CT molecular complexity index is 344. The van der Waals surface area contributed by atoms with Gasteiger partial charge in [-0.05, 0) is 35.0 Å². The van der Waals surface area contributed by atoms with Crippen LogP contribution in [-0.2, 0) is 6.54 Å². The third-order valence-electron chi connectivity index (χ3n) is 2.02. The zero-order valence-corrected chi connectivity index (χ0v) is 11.5. The molecule has 1 aromatic carbocycles. The van der Waals surface area contributed by atoms with Crippen LogP contribution in [-0.4, -0.2) is 22.9 Å². The first-order valence-corrected chi connectivity index (χ1v) is 6.14. The third-order valence-corrected chi connectivity index (χ3v) is 3.08. The van der Waals surface area contributed by atoms with E-state index in [2.05, 4.69) is 37.2 Å². The number of phenols is 1. The first-order chi connectivity index (χ1) is 7.04. The summed E-state index contributed by atoms with van der Waals surface area (Å²) in [6.07, 6.45) is 0. The predicted molar refractivity (Wildman–Crippen MR) is 66.9 cm³/mol. The van der Waals surface area contributed by atoms with Crippen LogP contribution >= 0.6 is 31.9 Å². The van der Waals surface area contributed by atoms with E-state index in [1.165, 1.54) is 0 Å². The summed E-state index contributed by atoms with van der Waals surface area (Å²) in [4.78, 5) is 0. The van der Waals surface area contributed by atoms with Crippen LogP contribution in [0, 0.1) is 0 Å². The van der Waals surface area contributed by atoms with E-state index in [4.69, 9.17) is 5.11 Å². The Kier molecular flexibility index (Phi) is 5.05. The average molecular weight is 339 g/mol. The molecular formula is C10H13Br2NO2. The van der Waals surface area contributed by atoms with Crippen LogP contribution in [0.5, 0.6) is 5.75 Å². The number of rotatable bonds is 4. The second kappa shape index (κ2) is 5.84. The molecule has 3 nitrogen and oxygen atoms in total. The molecular weight excluding hydrogens is 326 g/mol. The molecule has 0 aromatic heterocycles. The van der Waals surface area contributed by atoms with Crippen molar-refractivity contribution < 1.29 is 10.2 Å². The molecule has 84 valence electrons. The highest BCUT2D eigenvalue weighted by Crippen LogP contribution is 2.31. The minimum atomic E-state index is 0.0159. The van der Waals surface area contributed by atoms with E-state index in [9.17, 15) is 5.11 Å². The molecule has 0 amide bonds. The fraction of sp³-hybridized carbons (Fsp3) is 0.400. The number of aliphatic hydroxyl groups is 1. The van der Waals surface area contributed by atoms with E-state index < -0.39 is 0 Å². The Morgan fingerprint density at radius 3 is 2.67 bits per heavy atom. The molecule has 1 unspecified atom stereocenters. The van der Waals surface area contributed by atoms with Crippen molar-refractivity contribution >= 4 is 31.9 Å². The molecule has 1 rings (SSSR count). The van der Waals surface area contributed by atoms with Crippen molar-refractivity contribution in [3.05, 3.63) is 26.6 Å². The molecule has 3 N–H and O–H groups in total. The lowest BCUT2D eigenvalue weighted by atomic mass is 10.2. The van der Waals surface area contributed by atoms with Gasteiger partial charge in [-0.25, -0.2) is 0 Å². The molecule has 0 heterocycles. The number of aromatic hydroxyl groups is 1. The van der Waals surface area contributed by atoms with E-state index in [-0.39, 0.29) is 18.4 Å². The molecule has 0 saturated heterocycles. The van der Waals surface area contributed by atoms with Crippen LogP contribution in [0.1, 0.15) is 12.5 Å². The lowest BCUT2D eigenvalue weighted by Crippen LogP contribution is -2.28. The lowest BCUT2D eigenvalue weighted by Gasteiger charge is -2.12. The van der Waals surface area contributed by atoms with Crippen LogP contribution in [0.15, 0.2) is 21.1 Å². The number of benzene rings is 1. The van der Waals surface area contributed by atoms with Gasteiger partial charge in [0.25, 0.3) is 0 Å². The molecule has 0 bridgehead atoms. The maximum absolute atomic E-state index is 9.74. The second-order valence-electron chi connectivity index (χ2n) is 3.36. The van der Waals surface area contributed by atoms with Crippen molar-refractivity contribution in [2.24, 2.45) is 0 Å². The number of nitrogens with one attached hydrogen (secondary N) is 1. The third kappa shape index (κ3) is 3.75. The summed E-state index contributed by atoms with van der Waals surface area (Å²) >= 11 is 6.62. The minimum Gasteiger partial charge on any atom is -0.506 e. The highest BCUT2D eigenvalue weighted by atomic mass is 79.9. The van der Waals surface area contributed by atoms with Gasteiger partial charge in [0.1, 0.15) is 5.75 Å². The van der Waals surface area contributed by atoms with Gasteiger partial charge in [0.15, 0.2) is 0 Å². The summed E-state index contributed by atoms with van der Waals surface area (Å²) in [7, 11) is 0. The van der Waals surface area contributed by atoms with E-state index in [1.807, 2.05) is 13.0 Å². The summed E-state index contributed by atoms with van der Waals surface area (Å²) in [6, 6.07) is 3.65. The number of halogens is 2. The summed E-state index contributed by atoms with van der Waals surface area (Å²) in [5, 5.41) is 21.7. The van der Waals surface area contributed by atoms with Crippen molar-refractivity contribution in [1.82, 2.24) is 5.32 Å². The topological polar surface area (TPSA) is 52.5 Å². The van der Waals surface area contributed by atoms with Crippen molar-refractivity contribution in [2.75, 3.05) is 6.61 Å². The Morgan fingerprint density at radius 2 is 2.07 bits per heavy atom. The van der Waals surface area contributed by atoms with Crippen LogP contribution in [0.25, 0.3) is 0 Å². The monoisotopic (exact) mass is 337 g/mol. The summed E-state index contributed by atoms with van der Waals surface area (Å²) in [6.45, 7) is 2.48. The van der Waals surface area contributed by atoms with Gasteiger partial charge in [0, 0.05) is 22.6 Å². The normalized spacial score (nSPS) is 12.8. The largest absolute Gasteiger partial charge is 0.506 e. The van der Waals surface area contributed by atoms with Gasteiger partial charge in [-0.3, -0.25) is 0 Å². The van der Waals surface area contributed by atoms with E-state index in [1.54, 1.807) is 6.07 Å². The predicted octanol–water partition coefficient (Wildman–Crippen LogP) is 2.39. The number of hydrogen-bond donors (Lipinski definition) is 3. The fourth-order valence-corrected chi connectivity index (χ4v) is 2.42. The Morgan fingerprint density at radius 1 is 1.40 bits per heavy atom. The Hall–Kier alpha value is -0.100. The summed E-state index contributed by atoms with van der Waals surface area (Å²) in [5.74, 6) is 0.232. The number of hydrogen-bond acceptors (Lipinski definition) is 3. The second-order valence-corrected chi connectivity index (χ2v) is 5.13. The first kappa shape index (κ1) is 13.0. The van der Waals surface area contributed by atoms with Crippen molar-refractivity contribution in [3.8, 4) is 5.75 Å². The van der Waals surface area contributed by atoms with Crippen molar-refractivity contribution in [1.29, 1.82) is 0 Å². The molecule has 15 heavy (non-hydrogen) atoms. The van der Waals surface area contributed by atoms with Gasteiger partial charge in [-0.15, -0.1) is 0 Å². The summed E-state index contributed by atoms with van der Waals surface area (Å²) < 4.78 is 1.56. The molecule has 0 fully saturated rings. The van der Waals surface area contributed by atoms with Gasteiger partial charge < -0.3 is 15.5 Å². The van der Waals surface area contributed by atoms with Crippen LogP contribution < -0.4 is 5.32 Å². The van der Waals surface area contributed by atoms with Gasteiger partial charge in [-0.2, -0.15) is 0 Å². The van der Waals surface area contributed by atoms with E-state index >= 15 is 0 Å². The van der Waals surface area contributed by atoms with E-state index in [0.717, 1.165) is 10.0 Å². The van der Waals surface area contributed by atoms with Crippen LogP contribution in [0.4, 0.5) is 0 Å². The smallest absolute Gasteiger partial charge is 0.134 e. The van der Waals surface area contributed by atoms with Gasteiger partial charge in [0.2, 0.25) is 0 Å². The lowest BCUT2D eigenvalue weighted by molar-refractivity contribution is 0.250. The number of phenolic OH excluding ortho intramolecular Hbond substituents is 1. The standard InChI is InChI=1S/C10H13Br2NO2/c1-6(5-14)13-4-7-2-8(11)3-9(12)10(7)15/h2-3,6,13-15H,4-5H2,1H3. The highest BCUT2D eigenvalue weighted by Gasteiger charge is 2.08. The zero-order chi connectivity index (χ0) is 11.4. The Labute approximate surface area is 106 Å². The molecule has 5 heteroatoms. The summed E-state index contributed by atoms with van der Waals surface area (Å²) in [5.41, 5.74) is 0.788. The molecule has 0 saturated carbocycles. The van der Waals surface area contributed by atoms with Gasteiger partial charge in [-0.1, -0.05) is 15.9 Å². The first-order valence-electron chi connectivity index (χ1n) is 4.55. The molecule has 0 aliphatic carbocycles. The van der Waals surface area contributed by atoms with Crippen LogP contribution in [0.2, 0.25) is 0 Å².